The Labute approximate surface area is 153 Å². The van der Waals surface area contributed by atoms with Gasteiger partial charge in [-0.15, -0.1) is 0 Å². The summed E-state index contributed by atoms with van der Waals surface area (Å²) in [6.45, 7) is 8.97. The van der Waals surface area contributed by atoms with Crippen LogP contribution in [0.5, 0.6) is 11.8 Å². The lowest BCUT2D eigenvalue weighted by atomic mass is 10.2. The lowest BCUT2D eigenvalue weighted by Crippen LogP contribution is -2.36. The minimum Gasteiger partial charge on any atom is -0.474 e. The number of carbonyl (C=O) groups excluding carboxylic acids is 1. The van der Waals surface area contributed by atoms with Crippen LogP contribution in [0.15, 0.2) is 24.3 Å². The highest BCUT2D eigenvalue weighted by molar-refractivity contribution is 5.75. The molecule has 0 unspecified atom stereocenters. The van der Waals surface area contributed by atoms with Gasteiger partial charge in [-0.1, -0.05) is 12.1 Å². The summed E-state index contributed by atoms with van der Waals surface area (Å²) in [6.07, 6.45) is 0.217. The van der Waals surface area contributed by atoms with E-state index in [-0.39, 0.29) is 12.2 Å². The Morgan fingerprint density at radius 1 is 1.19 bits per heavy atom. The number of amides is 1. The van der Waals surface area contributed by atoms with Gasteiger partial charge in [0.2, 0.25) is 0 Å². The normalized spacial score (nSPS) is 17.4. The molecule has 7 nitrogen and oxygen atoms in total. The maximum Gasteiger partial charge on any atom is 0.410 e. The molecule has 3 rings (SSSR count). The van der Waals surface area contributed by atoms with Crippen molar-refractivity contribution < 1.29 is 19.0 Å². The van der Waals surface area contributed by atoms with E-state index in [0.29, 0.717) is 37.9 Å². The number of aromatic nitrogens is 2. The summed E-state index contributed by atoms with van der Waals surface area (Å²) in [6, 6.07) is 7.57. The molecule has 0 spiro atoms. The Hall–Kier alpha value is -2.57. The van der Waals surface area contributed by atoms with Crippen molar-refractivity contribution in [3.8, 4) is 11.8 Å². The summed E-state index contributed by atoms with van der Waals surface area (Å²) in [5.41, 5.74) is 0.986. The van der Waals surface area contributed by atoms with Crippen molar-refractivity contribution in [3.05, 3.63) is 24.3 Å². The van der Waals surface area contributed by atoms with Gasteiger partial charge in [0.25, 0.3) is 11.8 Å². The van der Waals surface area contributed by atoms with Crippen LogP contribution >= 0.6 is 0 Å². The van der Waals surface area contributed by atoms with Gasteiger partial charge in [-0.05, 0) is 39.8 Å². The van der Waals surface area contributed by atoms with E-state index in [9.17, 15) is 4.79 Å². The first kappa shape index (κ1) is 18.2. The van der Waals surface area contributed by atoms with Crippen LogP contribution in [0.3, 0.4) is 0 Å². The zero-order valence-corrected chi connectivity index (χ0v) is 15.7. The lowest BCUT2D eigenvalue weighted by molar-refractivity contribution is 0.0274. The Bertz CT molecular complexity index is 788. The molecule has 0 saturated carbocycles. The molecule has 1 fully saturated rings. The van der Waals surface area contributed by atoms with Crippen LogP contribution in [-0.2, 0) is 4.74 Å². The topological polar surface area (TPSA) is 73.8 Å². The van der Waals surface area contributed by atoms with Gasteiger partial charge < -0.3 is 19.1 Å². The maximum atomic E-state index is 12.2. The van der Waals surface area contributed by atoms with Crippen molar-refractivity contribution in [1.29, 1.82) is 0 Å². The quantitative estimate of drug-likeness (QED) is 0.833. The average molecular weight is 359 g/mol. The van der Waals surface area contributed by atoms with E-state index in [0.717, 1.165) is 11.0 Å². The van der Waals surface area contributed by atoms with Gasteiger partial charge in [0, 0.05) is 13.0 Å². The van der Waals surface area contributed by atoms with Crippen LogP contribution in [0.1, 0.15) is 34.1 Å². The van der Waals surface area contributed by atoms with E-state index in [4.69, 9.17) is 14.2 Å². The molecule has 1 atom stereocenters. The van der Waals surface area contributed by atoms with Crippen molar-refractivity contribution in [2.75, 3.05) is 19.7 Å². The van der Waals surface area contributed by atoms with Gasteiger partial charge in [0.05, 0.1) is 24.2 Å². The van der Waals surface area contributed by atoms with Gasteiger partial charge >= 0.3 is 6.09 Å². The molecule has 0 N–H and O–H groups in total. The first-order chi connectivity index (χ1) is 12.4. The van der Waals surface area contributed by atoms with Crippen molar-refractivity contribution in [1.82, 2.24) is 14.9 Å². The van der Waals surface area contributed by atoms with E-state index in [2.05, 4.69) is 9.97 Å². The Morgan fingerprint density at radius 3 is 2.46 bits per heavy atom. The van der Waals surface area contributed by atoms with Crippen LogP contribution in [-0.4, -0.2) is 52.4 Å². The van der Waals surface area contributed by atoms with Crippen molar-refractivity contribution in [2.45, 2.75) is 45.8 Å². The molecule has 1 saturated heterocycles. The van der Waals surface area contributed by atoms with Crippen molar-refractivity contribution in [2.24, 2.45) is 0 Å². The first-order valence-electron chi connectivity index (χ1n) is 8.90. The van der Waals surface area contributed by atoms with Gasteiger partial charge in [-0.25, -0.2) is 14.8 Å². The number of carbonyl (C=O) groups is 1. The zero-order chi connectivity index (χ0) is 18.7. The molecule has 1 aromatic carbocycles. The summed E-state index contributed by atoms with van der Waals surface area (Å²) in [7, 11) is 0. The summed E-state index contributed by atoms with van der Waals surface area (Å²) >= 11 is 0. The third kappa shape index (κ3) is 4.33. The van der Waals surface area contributed by atoms with Gasteiger partial charge in [0.15, 0.2) is 0 Å². The summed E-state index contributed by atoms with van der Waals surface area (Å²) in [5.74, 6) is 0.739. The van der Waals surface area contributed by atoms with E-state index in [1.54, 1.807) is 4.90 Å². The van der Waals surface area contributed by atoms with Crippen molar-refractivity contribution in [3.63, 3.8) is 0 Å². The first-order valence-corrected chi connectivity index (χ1v) is 8.90. The summed E-state index contributed by atoms with van der Waals surface area (Å²) < 4.78 is 17.0. The Balaban J connectivity index is 1.73. The van der Waals surface area contributed by atoms with E-state index in [1.165, 1.54) is 0 Å². The molecule has 0 aliphatic carbocycles. The molecule has 1 aromatic heterocycles. The number of para-hydroxylation sites is 2. The van der Waals surface area contributed by atoms with Gasteiger partial charge in [-0.2, -0.15) is 0 Å². The lowest BCUT2D eigenvalue weighted by Gasteiger charge is -2.24. The van der Waals surface area contributed by atoms with Gasteiger partial charge in [0.1, 0.15) is 11.7 Å². The monoisotopic (exact) mass is 359 g/mol. The minimum absolute atomic E-state index is 0.169. The van der Waals surface area contributed by atoms with Crippen LogP contribution < -0.4 is 9.47 Å². The molecule has 1 amide bonds. The molecule has 2 heterocycles. The number of fused-ring (bicyclic) bond motifs is 1. The molecule has 0 bridgehead atoms. The predicted molar refractivity (Wildman–Crippen MR) is 97.5 cm³/mol. The summed E-state index contributed by atoms with van der Waals surface area (Å²) in [5, 5.41) is 0. The standard InChI is InChI=1S/C19H25N3O4/c1-5-24-16-17(21-15-9-7-6-8-14(15)20-16)25-13-10-11-22(12-13)18(23)26-19(2,3)4/h6-9,13H,5,10-12H2,1-4H3/t13-/m1/s1. The van der Waals surface area contributed by atoms with E-state index in [1.807, 2.05) is 52.0 Å². The van der Waals surface area contributed by atoms with Crippen LogP contribution in [0.2, 0.25) is 0 Å². The highest BCUT2D eigenvalue weighted by Gasteiger charge is 2.32. The molecular formula is C19H25N3O4. The fraction of sp³-hybridized carbons (Fsp3) is 0.526. The largest absolute Gasteiger partial charge is 0.474 e. The number of rotatable bonds is 4. The molecule has 0 radical (unpaired) electrons. The Morgan fingerprint density at radius 2 is 1.85 bits per heavy atom. The molecule has 1 aliphatic heterocycles. The third-order valence-corrected chi connectivity index (χ3v) is 3.86. The fourth-order valence-corrected chi connectivity index (χ4v) is 2.75. The van der Waals surface area contributed by atoms with Crippen LogP contribution in [0.4, 0.5) is 4.79 Å². The number of hydrogen-bond donors (Lipinski definition) is 0. The fourth-order valence-electron chi connectivity index (χ4n) is 2.75. The number of likely N-dealkylation sites (tertiary alicyclic amines) is 1. The third-order valence-electron chi connectivity index (χ3n) is 3.86. The second kappa shape index (κ2) is 7.35. The molecule has 7 heteroatoms. The summed E-state index contributed by atoms with van der Waals surface area (Å²) in [4.78, 5) is 22.9. The minimum atomic E-state index is -0.512. The number of ether oxygens (including phenoxy) is 3. The second-order valence-electron chi connectivity index (χ2n) is 7.21. The zero-order valence-electron chi connectivity index (χ0n) is 15.7. The van der Waals surface area contributed by atoms with Crippen LogP contribution in [0, 0.1) is 0 Å². The molecular weight excluding hydrogens is 334 g/mol. The van der Waals surface area contributed by atoms with E-state index < -0.39 is 5.60 Å². The predicted octanol–water partition coefficient (Wildman–Crippen LogP) is 3.42. The van der Waals surface area contributed by atoms with Crippen LogP contribution in [0.25, 0.3) is 11.0 Å². The van der Waals surface area contributed by atoms with Gasteiger partial charge in [-0.3, -0.25) is 0 Å². The highest BCUT2D eigenvalue weighted by Crippen LogP contribution is 2.28. The van der Waals surface area contributed by atoms with Crippen molar-refractivity contribution >= 4 is 17.1 Å². The Kier molecular flexibility index (Phi) is 5.15. The van der Waals surface area contributed by atoms with E-state index >= 15 is 0 Å². The molecule has 2 aromatic rings. The number of hydrogen-bond acceptors (Lipinski definition) is 6. The molecule has 1 aliphatic rings. The maximum absolute atomic E-state index is 12.2. The highest BCUT2D eigenvalue weighted by atomic mass is 16.6. The number of nitrogens with zero attached hydrogens (tertiary/aromatic N) is 3. The second-order valence-corrected chi connectivity index (χ2v) is 7.21. The molecule has 26 heavy (non-hydrogen) atoms. The number of benzene rings is 1. The molecule has 140 valence electrons. The smallest absolute Gasteiger partial charge is 0.410 e. The average Bonchev–Trinajstić information content (AvgIpc) is 3.03. The SMILES string of the molecule is CCOc1nc2ccccc2nc1O[C@@H]1CCN(C(=O)OC(C)(C)C)C1.